The summed E-state index contributed by atoms with van der Waals surface area (Å²) >= 11 is 0. The van der Waals surface area contributed by atoms with Crippen LogP contribution in [-0.4, -0.2) is 13.1 Å². The maximum atomic E-state index is 9.08. The van der Waals surface area contributed by atoms with E-state index in [4.69, 9.17) is 5.26 Å². The number of hydrogen-bond donors (Lipinski definition) is 1. The van der Waals surface area contributed by atoms with E-state index >= 15 is 0 Å². The predicted molar refractivity (Wildman–Crippen MR) is 54.1 cm³/mol. The van der Waals surface area contributed by atoms with Crippen molar-refractivity contribution >= 4 is 0 Å². The molecule has 1 aliphatic carbocycles. The monoisotopic (exact) mass is 180 g/mol. The smallest absolute Gasteiger partial charge is 0.0675 e. The normalized spacial score (nSPS) is 22.1. The lowest BCUT2D eigenvalue weighted by atomic mass is 9.72. The van der Waals surface area contributed by atoms with Gasteiger partial charge in [-0.05, 0) is 31.7 Å². The van der Waals surface area contributed by atoms with E-state index in [1.54, 1.807) is 0 Å². The summed E-state index contributed by atoms with van der Waals surface area (Å²) in [7, 11) is 1.98. The third kappa shape index (κ3) is 2.22. The van der Waals surface area contributed by atoms with E-state index in [-0.39, 0.29) is 5.92 Å². The van der Waals surface area contributed by atoms with E-state index in [0.29, 0.717) is 12.0 Å². The molecule has 0 aromatic carbocycles. The second kappa shape index (κ2) is 4.62. The zero-order chi connectivity index (χ0) is 9.84. The van der Waals surface area contributed by atoms with E-state index in [1.165, 1.54) is 19.3 Å². The lowest BCUT2D eigenvalue weighted by Gasteiger charge is -2.37. The molecule has 1 fully saturated rings. The summed E-state index contributed by atoms with van der Waals surface area (Å²) in [4.78, 5) is 0. The summed E-state index contributed by atoms with van der Waals surface area (Å²) in [6.07, 6.45) is 3.95. The van der Waals surface area contributed by atoms with Crippen LogP contribution in [0.1, 0.15) is 33.1 Å². The second-order valence-electron chi connectivity index (χ2n) is 4.40. The highest BCUT2D eigenvalue weighted by molar-refractivity contribution is 4.98. The summed E-state index contributed by atoms with van der Waals surface area (Å²) in [5.74, 6) is 1.38. The Bertz CT molecular complexity index is 189. The number of rotatable bonds is 4. The molecule has 2 atom stereocenters. The van der Waals surface area contributed by atoms with Gasteiger partial charge in [-0.15, -0.1) is 0 Å². The van der Waals surface area contributed by atoms with Gasteiger partial charge >= 0.3 is 0 Å². The van der Waals surface area contributed by atoms with Gasteiger partial charge in [-0.1, -0.05) is 20.3 Å². The topological polar surface area (TPSA) is 35.8 Å². The molecular weight excluding hydrogens is 160 g/mol. The van der Waals surface area contributed by atoms with Crippen molar-refractivity contribution in [3.05, 3.63) is 0 Å². The number of hydrogen-bond acceptors (Lipinski definition) is 2. The van der Waals surface area contributed by atoms with Crippen molar-refractivity contribution in [1.29, 1.82) is 5.26 Å². The summed E-state index contributed by atoms with van der Waals surface area (Å²) < 4.78 is 0. The van der Waals surface area contributed by atoms with Crippen molar-refractivity contribution < 1.29 is 0 Å². The second-order valence-corrected chi connectivity index (χ2v) is 4.40. The van der Waals surface area contributed by atoms with Crippen molar-refractivity contribution in [2.45, 2.75) is 39.2 Å². The molecule has 1 N–H and O–H groups in total. The maximum Gasteiger partial charge on any atom is 0.0675 e. The summed E-state index contributed by atoms with van der Waals surface area (Å²) in [6, 6.07) is 2.85. The van der Waals surface area contributed by atoms with Crippen molar-refractivity contribution in [1.82, 2.24) is 5.32 Å². The van der Waals surface area contributed by atoms with Crippen LogP contribution in [0.25, 0.3) is 0 Å². The first-order valence-electron chi connectivity index (χ1n) is 5.27. The van der Waals surface area contributed by atoms with Gasteiger partial charge < -0.3 is 5.32 Å². The lowest BCUT2D eigenvalue weighted by Crippen LogP contribution is -2.44. The van der Waals surface area contributed by atoms with Crippen LogP contribution in [-0.2, 0) is 0 Å². The largest absolute Gasteiger partial charge is 0.315 e. The molecule has 74 valence electrons. The van der Waals surface area contributed by atoms with Crippen molar-refractivity contribution in [2.24, 2.45) is 17.8 Å². The third-order valence-electron chi connectivity index (χ3n) is 3.25. The van der Waals surface area contributed by atoms with Crippen molar-refractivity contribution in [3.63, 3.8) is 0 Å². The summed E-state index contributed by atoms with van der Waals surface area (Å²) in [5, 5.41) is 12.4. The molecule has 2 heteroatoms. The average Bonchev–Trinajstić information content (AvgIpc) is 1.99. The predicted octanol–water partition coefficient (Wildman–Crippen LogP) is 2.17. The van der Waals surface area contributed by atoms with Crippen LogP contribution in [0.2, 0.25) is 0 Å². The fourth-order valence-corrected chi connectivity index (χ4v) is 2.15. The summed E-state index contributed by atoms with van der Waals surface area (Å²) in [5.41, 5.74) is 0. The fraction of sp³-hybridized carbons (Fsp3) is 0.909. The van der Waals surface area contributed by atoms with E-state index in [1.807, 2.05) is 7.05 Å². The molecule has 1 aliphatic rings. The van der Waals surface area contributed by atoms with Gasteiger partial charge in [-0.3, -0.25) is 0 Å². The SMILES string of the molecule is CNC(C1CCC1)C(C#N)C(C)C. The molecule has 0 amide bonds. The van der Waals surface area contributed by atoms with E-state index in [9.17, 15) is 0 Å². The zero-order valence-electron chi connectivity index (χ0n) is 8.88. The minimum atomic E-state index is 0.176. The third-order valence-corrected chi connectivity index (χ3v) is 3.25. The minimum Gasteiger partial charge on any atom is -0.315 e. The van der Waals surface area contributed by atoms with Crippen molar-refractivity contribution in [2.75, 3.05) is 7.05 Å². The Morgan fingerprint density at radius 3 is 2.23 bits per heavy atom. The molecule has 0 aromatic heterocycles. The average molecular weight is 180 g/mol. The molecule has 0 radical (unpaired) electrons. The number of nitriles is 1. The fourth-order valence-electron chi connectivity index (χ4n) is 2.15. The molecule has 2 nitrogen and oxygen atoms in total. The van der Waals surface area contributed by atoms with Crippen LogP contribution in [0.3, 0.4) is 0 Å². The molecule has 1 rings (SSSR count). The van der Waals surface area contributed by atoms with Gasteiger partial charge in [0.1, 0.15) is 0 Å². The zero-order valence-corrected chi connectivity index (χ0v) is 8.88. The number of nitrogens with one attached hydrogen (secondary N) is 1. The van der Waals surface area contributed by atoms with Crippen LogP contribution < -0.4 is 5.32 Å². The Kier molecular flexibility index (Phi) is 3.74. The molecule has 0 saturated heterocycles. The standard InChI is InChI=1S/C11H20N2/c1-8(2)10(7-12)11(13-3)9-5-4-6-9/h8-11,13H,4-6H2,1-3H3. The maximum absolute atomic E-state index is 9.08. The Morgan fingerprint density at radius 1 is 1.38 bits per heavy atom. The van der Waals surface area contributed by atoms with Crippen LogP contribution in [0.5, 0.6) is 0 Å². The van der Waals surface area contributed by atoms with Gasteiger partial charge in [-0.25, -0.2) is 0 Å². The van der Waals surface area contributed by atoms with E-state index in [2.05, 4.69) is 25.2 Å². The molecule has 0 heterocycles. The molecular formula is C11H20N2. The van der Waals surface area contributed by atoms with Crippen LogP contribution in [0.4, 0.5) is 0 Å². The first-order chi connectivity index (χ1) is 6.20. The minimum absolute atomic E-state index is 0.176. The molecule has 0 bridgehead atoms. The van der Waals surface area contributed by atoms with E-state index in [0.717, 1.165) is 5.92 Å². The Morgan fingerprint density at radius 2 is 2.00 bits per heavy atom. The lowest BCUT2D eigenvalue weighted by molar-refractivity contribution is 0.181. The van der Waals surface area contributed by atoms with Gasteiger partial charge in [0.2, 0.25) is 0 Å². The van der Waals surface area contributed by atoms with Crippen LogP contribution >= 0.6 is 0 Å². The van der Waals surface area contributed by atoms with Gasteiger partial charge in [0, 0.05) is 6.04 Å². The molecule has 0 aromatic rings. The van der Waals surface area contributed by atoms with Crippen LogP contribution in [0, 0.1) is 29.1 Å². The van der Waals surface area contributed by atoms with Crippen LogP contribution in [0.15, 0.2) is 0 Å². The highest BCUT2D eigenvalue weighted by atomic mass is 14.9. The number of nitrogens with zero attached hydrogens (tertiary/aromatic N) is 1. The molecule has 0 spiro atoms. The highest BCUT2D eigenvalue weighted by Gasteiger charge is 2.33. The van der Waals surface area contributed by atoms with Gasteiger partial charge in [0.15, 0.2) is 0 Å². The Hall–Kier alpha value is -0.550. The summed E-state index contributed by atoms with van der Waals surface area (Å²) in [6.45, 7) is 4.27. The highest BCUT2D eigenvalue weighted by Crippen LogP contribution is 2.34. The first kappa shape index (κ1) is 10.5. The van der Waals surface area contributed by atoms with Gasteiger partial charge in [0.25, 0.3) is 0 Å². The van der Waals surface area contributed by atoms with Gasteiger partial charge in [0.05, 0.1) is 12.0 Å². The Labute approximate surface area is 81.3 Å². The molecule has 1 saturated carbocycles. The molecule has 0 aliphatic heterocycles. The van der Waals surface area contributed by atoms with Gasteiger partial charge in [-0.2, -0.15) is 5.26 Å². The Balaban J connectivity index is 2.57. The molecule has 2 unspecified atom stereocenters. The molecule has 13 heavy (non-hydrogen) atoms. The van der Waals surface area contributed by atoms with Crippen molar-refractivity contribution in [3.8, 4) is 6.07 Å². The first-order valence-corrected chi connectivity index (χ1v) is 5.27. The quantitative estimate of drug-likeness (QED) is 0.719. The van der Waals surface area contributed by atoms with E-state index < -0.39 is 0 Å².